The number of hydrogen-bond donors (Lipinski definition) is 2. The molecule has 2 heterocycles. The smallest absolute Gasteiger partial charge is 0.407 e. The Morgan fingerprint density at radius 3 is 2.05 bits per heavy atom. The number of sulfonamides is 2. The summed E-state index contributed by atoms with van der Waals surface area (Å²) in [6.45, 7) is 16.0. The lowest BCUT2D eigenvalue weighted by molar-refractivity contribution is 0.0422. The summed E-state index contributed by atoms with van der Waals surface area (Å²) in [6, 6.07) is 28.3. The van der Waals surface area contributed by atoms with Gasteiger partial charge in [-0.15, -0.1) is 10.2 Å². The lowest BCUT2D eigenvalue weighted by atomic mass is 10.0. The van der Waals surface area contributed by atoms with E-state index in [1.807, 2.05) is 112 Å². The fourth-order valence-electron chi connectivity index (χ4n) is 7.84. The topological polar surface area (TPSA) is 245 Å². The molecule has 394 valence electrons. The van der Waals surface area contributed by atoms with E-state index in [0.29, 0.717) is 48.5 Å². The van der Waals surface area contributed by atoms with Gasteiger partial charge in [-0.25, -0.2) is 26.4 Å². The normalized spacial score (nSPS) is 14.4. The van der Waals surface area contributed by atoms with Gasteiger partial charge in [0.2, 0.25) is 25.9 Å². The molecule has 1 atom stereocenters. The zero-order valence-corrected chi connectivity index (χ0v) is 45.8. The van der Waals surface area contributed by atoms with Crippen LogP contribution < -0.4 is 19.7 Å². The van der Waals surface area contributed by atoms with E-state index in [1.54, 1.807) is 46.1 Å². The molecule has 4 aromatic carbocycles. The van der Waals surface area contributed by atoms with Crippen molar-refractivity contribution in [1.82, 2.24) is 34.6 Å². The van der Waals surface area contributed by atoms with E-state index in [1.165, 1.54) is 15.2 Å². The molecule has 5 aromatic rings. The maximum Gasteiger partial charge on any atom is 0.407 e. The van der Waals surface area contributed by atoms with Crippen LogP contribution in [0, 0.1) is 0 Å². The summed E-state index contributed by atoms with van der Waals surface area (Å²) in [6.07, 6.45) is -0.732. The molecule has 0 unspecified atom stereocenters. The minimum Gasteiger partial charge on any atom is -0.497 e. The Balaban J connectivity index is 1.53. The summed E-state index contributed by atoms with van der Waals surface area (Å²) >= 11 is 0. The molecule has 0 bridgehead atoms. The van der Waals surface area contributed by atoms with Gasteiger partial charge in [0.1, 0.15) is 21.1 Å². The van der Waals surface area contributed by atoms with Crippen molar-refractivity contribution >= 4 is 40.1 Å². The molecule has 73 heavy (non-hydrogen) atoms. The van der Waals surface area contributed by atoms with Gasteiger partial charge in [0.15, 0.2) is 8.32 Å². The molecule has 1 amide bonds. The van der Waals surface area contributed by atoms with Crippen LogP contribution in [0.15, 0.2) is 112 Å². The number of alkyl carbamates (subject to hydrolysis) is 1. The van der Waals surface area contributed by atoms with Gasteiger partial charge >= 0.3 is 6.09 Å². The van der Waals surface area contributed by atoms with Crippen LogP contribution >= 0.6 is 0 Å². The third-order valence-corrected chi connectivity index (χ3v) is 20.6. The molecule has 1 aromatic heterocycles. The summed E-state index contributed by atoms with van der Waals surface area (Å²) < 4.78 is 90.4. The number of rotatable bonds is 23. The predicted octanol–water partition coefficient (Wildman–Crippen LogP) is 8.28. The first kappa shape index (κ1) is 56.4. The van der Waals surface area contributed by atoms with Gasteiger partial charge in [-0.2, -0.15) is 9.10 Å². The second kappa shape index (κ2) is 24.4. The number of piperidine rings is 1. The summed E-state index contributed by atoms with van der Waals surface area (Å²) in [7, 11) is -10.7. The summed E-state index contributed by atoms with van der Waals surface area (Å²) in [5, 5.41) is 19.7. The number of methoxy groups -OCH3 is 1. The molecule has 1 fully saturated rings. The number of azide groups is 1. The molecular weight excluding hydrogens is 991 g/mol. The van der Waals surface area contributed by atoms with Crippen LogP contribution in [0.5, 0.6) is 5.75 Å². The quantitative estimate of drug-likeness (QED) is 0.0206. The number of nitrogens with zero attached hydrogens (tertiary/aromatic N) is 9. The Bertz CT molecular complexity index is 2840. The Labute approximate surface area is 430 Å². The molecule has 1 aliphatic rings. The minimum atomic E-state index is -4.87. The highest BCUT2D eigenvalue weighted by molar-refractivity contribution is 7.92. The SMILES string of the molecule is COc1ccc(Cn2nnc(-c3c(N4CCC(OCCN=[N+]=[N-])CC4)ccc(S(=O)(=O)NC[C@@H](CNC(=O)OC(C)(C)C)O[Si](C)(C)C(C)(C)C)c3S(=O)(=O)N(Cc3ccccc3)Cc3ccccc3)n2)cc1. The zero-order chi connectivity index (χ0) is 53.0. The molecule has 23 heteroatoms. The van der Waals surface area contributed by atoms with Crippen molar-refractivity contribution in [2.45, 2.75) is 120 Å². The van der Waals surface area contributed by atoms with E-state index in [9.17, 15) is 4.79 Å². The summed E-state index contributed by atoms with van der Waals surface area (Å²) in [5.74, 6) is 0.534. The van der Waals surface area contributed by atoms with Crippen LogP contribution in [0.3, 0.4) is 0 Å². The third-order valence-electron chi connectivity index (χ3n) is 12.6. The van der Waals surface area contributed by atoms with Gasteiger partial charge in [0, 0.05) is 56.4 Å². The highest BCUT2D eigenvalue weighted by Gasteiger charge is 2.42. The minimum absolute atomic E-state index is 0.0571. The number of tetrazole rings is 1. The number of carbonyl (C=O) groups is 1. The number of aromatic nitrogens is 4. The van der Waals surface area contributed by atoms with Crippen LogP contribution in [-0.4, -0.2) is 120 Å². The van der Waals surface area contributed by atoms with Crippen molar-refractivity contribution in [1.29, 1.82) is 0 Å². The lowest BCUT2D eigenvalue weighted by Crippen LogP contribution is -2.51. The van der Waals surface area contributed by atoms with Crippen LogP contribution in [0.2, 0.25) is 18.1 Å². The van der Waals surface area contributed by atoms with Gasteiger partial charge in [-0.3, -0.25) is 0 Å². The van der Waals surface area contributed by atoms with Gasteiger partial charge in [0.25, 0.3) is 0 Å². The fraction of sp³-hybridized carbons (Fsp3) is 0.480. The lowest BCUT2D eigenvalue weighted by Gasteiger charge is -2.39. The number of hydrogen-bond acceptors (Lipinski definition) is 14. The maximum atomic E-state index is 16.1. The first-order valence-corrected chi connectivity index (χ1v) is 30.0. The molecule has 0 spiro atoms. The molecule has 1 saturated heterocycles. The number of benzene rings is 4. The second-order valence-electron chi connectivity index (χ2n) is 20.3. The van der Waals surface area contributed by atoms with E-state index in [0.717, 1.165) is 5.56 Å². The van der Waals surface area contributed by atoms with E-state index in [-0.39, 0.29) is 68.4 Å². The second-order valence-corrected chi connectivity index (χ2v) is 28.6. The van der Waals surface area contributed by atoms with Crippen LogP contribution in [-0.2, 0) is 53.6 Å². The average molecular weight is 1060 g/mol. The molecule has 20 nitrogen and oxygen atoms in total. The van der Waals surface area contributed by atoms with Crippen LogP contribution in [0.4, 0.5) is 10.5 Å². The van der Waals surface area contributed by atoms with E-state index in [4.69, 9.17) is 29.3 Å². The maximum absolute atomic E-state index is 16.1. The van der Waals surface area contributed by atoms with Crippen molar-refractivity contribution in [3.8, 4) is 17.1 Å². The summed E-state index contributed by atoms with van der Waals surface area (Å²) in [5.41, 5.74) is 10.4. The van der Waals surface area contributed by atoms with Crippen molar-refractivity contribution in [3.05, 3.63) is 124 Å². The molecule has 0 aliphatic carbocycles. The number of carbonyl (C=O) groups excluding carboxylic acids is 1. The number of ether oxygens (including phenoxy) is 3. The largest absolute Gasteiger partial charge is 0.497 e. The van der Waals surface area contributed by atoms with Crippen molar-refractivity contribution in [2.24, 2.45) is 5.11 Å². The Morgan fingerprint density at radius 1 is 0.877 bits per heavy atom. The fourth-order valence-corrected chi connectivity index (χ4v) is 12.7. The van der Waals surface area contributed by atoms with Gasteiger partial charge in [-0.05, 0) is 103 Å². The molecule has 0 radical (unpaired) electrons. The third kappa shape index (κ3) is 15.6. The number of anilines is 1. The van der Waals surface area contributed by atoms with E-state index in [2.05, 4.69) is 30.4 Å². The molecule has 0 saturated carbocycles. The first-order valence-electron chi connectivity index (χ1n) is 24.2. The highest BCUT2D eigenvalue weighted by atomic mass is 32.2. The van der Waals surface area contributed by atoms with Crippen LogP contribution in [0.25, 0.3) is 21.8 Å². The Hall–Kier alpha value is -5.91. The number of nitrogens with one attached hydrogen (secondary N) is 2. The molecule has 2 N–H and O–H groups in total. The van der Waals surface area contributed by atoms with Crippen molar-refractivity contribution in [3.63, 3.8) is 0 Å². The van der Waals surface area contributed by atoms with Gasteiger partial charge in [-0.1, -0.05) is 98.7 Å². The Morgan fingerprint density at radius 2 is 1.49 bits per heavy atom. The monoisotopic (exact) mass is 1060 g/mol. The first-order chi connectivity index (χ1) is 34.5. The number of amides is 1. The standard InChI is InChI=1S/C50H69N11O9S2Si/c1-49(2,3)69-48(62)52-32-42(70-73(8,9)50(4,5)6)33-54-71(63,64)44-25-24-43(59-29-26-41(27-30-59)68-31-28-53-57-51)45(47-55-58-61(56-47)36-39-20-22-40(67-7)23-21-39)46(44)72(65,66)60(34-37-16-12-10-13-17-37)35-38-18-14-11-15-19-38/h10-25,41-42,54H,26-36H2,1-9H3,(H,52,62)/t42-/m1/s1. The zero-order valence-electron chi connectivity index (χ0n) is 43.2. The predicted molar refractivity (Wildman–Crippen MR) is 281 cm³/mol. The molecular formula is C50H69N11O9S2Si. The van der Waals surface area contributed by atoms with Gasteiger partial charge in [0.05, 0.1) is 38.0 Å². The van der Waals surface area contributed by atoms with E-state index < -0.39 is 56.0 Å². The van der Waals surface area contributed by atoms with Crippen molar-refractivity contribution in [2.75, 3.05) is 51.3 Å². The molecule has 6 rings (SSSR count). The van der Waals surface area contributed by atoms with E-state index >= 15 is 16.8 Å². The highest BCUT2D eigenvalue weighted by Crippen LogP contribution is 2.42. The summed E-state index contributed by atoms with van der Waals surface area (Å²) in [4.78, 5) is 18.0. The average Bonchev–Trinajstić information content (AvgIpc) is 3.81. The van der Waals surface area contributed by atoms with Gasteiger partial charge < -0.3 is 28.9 Å². The molecule has 1 aliphatic heterocycles. The Kier molecular flexibility index (Phi) is 18.9. The van der Waals surface area contributed by atoms with Crippen LogP contribution in [0.1, 0.15) is 71.1 Å². The van der Waals surface area contributed by atoms with Crippen molar-refractivity contribution < 1.29 is 40.3 Å².